The molecule has 2 N–H and O–H groups in total. The number of amides is 2. The van der Waals surface area contributed by atoms with Crippen LogP contribution in [0.1, 0.15) is 43.0 Å². The lowest BCUT2D eigenvalue weighted by Crippen LogP contribution is -2.39. The Hall–Kier alpha value is -3.28. The van der Waals surface area contributed by atoms with Crippen molar-refractivity contribution in [2.24, 2.45) is 5.73 Å². The topological polar surface area (TPSA) is 81.9 Å². The molecule has 6 nitrogen and oxygen atoms in total. The van der Waals surface area contributed by atoms with Crippen LogP contribution in [0.3, 0.4) is 0 Å². The maximum Gasteiger partial charge on any atom is 0.247 e. The minimum absolute atomic E-state index is 0.160. The Balaban J connectivity index is 2.22. The zero-order chi connectivity index (χ0) is 22.1. The molecule has 160 valence electrons. The van der Waals surface area contributed by atoms with Crippen LogP contribution in [0.15, 0.2) is 48.5 Å². The lowest BCUT2D eigenvalue weighted by atomic mass is 10.0. The monoisotopic (exact) mass is 410 g/mol. The number of nitrogens with two attached hydrogens (primary N) is 1. The molecular formula is C24H30N2O4. The van der Waals surface area contributed by atoms with E-state index >= 15 is 0 Å². The summed E-state index contributed by atoms with van der Waals surface area (Å²) < 4.78 is 10.5. The maximum absolute atomic E-state index is 12.9. The van der Waals surface area contributed by atoms with Crippen LogP contribution in [0, 0.1) is 0 Å². The fourth-order valence-corrected chi connectivity index (χ4v) is 3.22. The number of benzene rings is 2. The number of rotatable bonds is 10. The zero-order valence-corrected chi connectivity index (χ0v) is 18.1. The van der Waals surface area contributed by atoms with Crippen molar-refractivity contribution in [1.82, 2.24) is 4.90 Å². The Morgan fingerprint density at radius 3 is 2.30 bits per heavy atom. The number of ether oxygens (including phenoxy) is 2. The summed E-state index contributed by atoms with van der Waals surface area (Å²) in [7, 11) is 3.12. The second-order valence-corrected chi connectivity index (χ2v) is 7.05. The highest BCUT2D eigenvalue weighted by atomic mass is 16.5. The highest BCUT2D eigenvalue weighted by molar-refractivity contribution is 5.94. The van der Waals surface area contributed by atoms with Gasteiger partial charge >= 0.3 is 0 Å². The van der Waals surface area contributed by atoms with E-state index < -0.39 is 5.91 Å². The Morgan fingerprint density at radius 2 is 1.73 bits per heavy atom. The van der Waals surface area contributed by atoms with Crippen molar-refractivity contribution in [1.29, 1.82) is 0 Å². The van der Waals surface area contributed by atoms with Crippen molar-refractivity contribution in [2.75, 3.05) is 20.8 Å². The van der Waals surface area contributed by atoms with Gasteiger partial charge in [0.25, 0.3) is 0 Å². The molecule has 0 saturated carbocycles. The van der Waals surface area contributed by atoms with Gasteiger partial charge in [0, 0.05) is 6.08 Å². The van der Waals surface area contributed by atoms with E-state index in [0.29, 0.717) is 11.5 Å². The molecule has 6 heteroatoms. The molecule has 0 radical (unpaired) electrons. The second kappa shape index (κ2) is 11.0. The molecule has 0 fully saturated rings. The first-order chi connectivity index (χ1) is 14.4. The molecule has 0 aliphatic carbocycles. The number of primary amides is 1. The van der Waals surface area contributed by atoms with Gasteiger partial charge in [0.05, 0.1) is 20.3 Å². The summed E-state index contributed by atoms with van der Waals surface area (Å²) in [5.41, 5.74) is 8.37. The lowest BCUT2D eigenvalue weighted by Gasteiger charge is -2.27. The number of hydrogen-bond donors (Lipinski definition) is 1. The van der Waals surface area contributed by atoms with Gasteiger partial charge in [-0.15, -0.1) is 0 Å². The SMILES string of the molecule is CCCc1ccc([C@H](C)N(CC(N)=O)C(=O)/C=C/c2ccc(OC)c(OC)c2)cc1. The van der Waals surface area contributed by atoms with E-state index in [4.69, 9.17) is 15.2 Å². The van der Waals surface area contributed by atoms with E-state index in [1.54, 1.807) is 32.4 Å². The molecule has 30 heavy (non-hydrogen) atoms. The minimum atomic E-state index is -0.558. The lowest BCUT2D eigenvalue weighted by molar-refractivity contribution is -0.133. The Bertz CT molecular complexity index is 891. The van der Waals surface area contributed by atoms with Gasteiger partial charge in [-0.1, -0.05) is 43.7 Å². The summed E-state index contributed by atoms with van der Waals surface area (Å²) in [4.78, 5) is 25.9. The zero-order valence-electron chi connectivity index (χ0n) is 18.1. The van der Waals surface area contributed by atoms with Crippen LogP contribution in [-0.4, -0.2) is 37.5 Å². The van der Waals surface area contributed by atoms with Crippen LogP contribution in [-0.2, 0) is 16.0 Å². The average molecular weight is 411 g/mol. The molecule has 0 spiro atoms. The standard InChI is InChI=1S/C24H30N2O4/c1-5-6-18-7-11-20(12-8-18)17(2)26(16-23(25)27)24(28)14-10-19-9-13-21(29-3)22(15-19)30-4/h7-15,17H,5-6,16H2,1-4H3,(H2,25,27)/b14-10+/t17-/m0/s1. The van der Waals surface area contributed by atoms with Gasteiger partial charge in [0.2, 0.25) is 11.8 Å². The van der Waals surface area contributed by atoms with Crippen molar-refractivity contribution < 1.29 is 19.1 Å². The largest absolute Gasteiger partial charge is 0.493 e. The molecule has 2 aromatic carbocycles. The fourth-order valence-electron chi connectivity index (χ4n) is 3.22. The van der Waals surface area contributed by atoms with Gasteiger partial charge in [0.15, 0.2) is 11.5 Å². The van der Waals surface area contributed by atoms with Crippen LogP contribution in [0.5, 0.6) is 11.5 Å². The molecule has 2 rings (SSSR count). The third kappa shape index (κ3) is 6.11. The summed E-state index contributed by atoms with van der Waals surface area (Å²) in [5, 5.41) is 0. The van der Waals surface area contributed by atoms with Crippen LogP contribution in [0.25, 0.3) is 6.08 Å². The Morgan fingerprint density at radius 1 is 1.07 bits per heavy atom. The van der Waals surface area contributed by atoms with Crippen molar-refractivity contribution >= 4 is 17.9 Å². The summed E-state index contributed by atoms with van der Waals surface area (Å²) >= 11 is 0. The number of methoxy groups -OCH3 is 2. The fraction of sp³-hybridized carbons (Fsp3) is 0.333. The molecular weight excluding hydrogens is 380 g/mol. The summed E-state index contributed by atoms with van der Waals surface area (Å²) in [6.45, 7) is 3.86. The third-order valence-electron chi connectivity index (χ3n) is 4.90. The van der Waals surface area contributed by atoms with Gasteiger partial charge in [-0.05, 0) is 48.2 Å². The second-order valence-electron chi connectivity index (χ2n) is 7.05. The highest BCUT2D eigenvalue weighted by Crippen LogP contribution is 2.28. The number of carbonyl (C=O) groups excluding carboxylic acids is 2. The van der Waals surface area contributed by atoms with Crippen LogP contribution in [0.4, 0.5) is 0 Å². The van der Waals surface area contributed by atoms with Gasteiger partial charge in [-0.2, -0.15) is 0 Å². The number of hydrogen-bond acceptors (Lipinski definition) is 4. The predicted molar refractivity (Wildman–Crippen MR) is 118 cm³/mol. The van der Waals surface area contributed by atoms with E-state index in [-0.39, 0.29) is 18.5 Å². The van der Waals surface area contributed by atoms with Crippen LogP contribution >= 0.6 is 0 Å². The van der Waals surface area contributed by atoms with Gasteiger partial charge in [-0.3, -0.25) is 9.59 Å². The maximum atomic E-state index is 12.9. The van der Waals surface area contributed by atoms with Gasteiger partial charge in [-0.25, -0.2) is 0 Å². The van der Waals surface area contributed by atoms with E-state index in [0.717, 1.165) is 24.0 Å². The number of nitrogens with zero attached hydrogens (tertiary/aromatic N) is 1. The first-order valence-corrected chi connectivity index (χ1v) is 9.97. The van der Waals surface area contributed by atoms with Crippen LogP contribution in [0.2, 0.25) is 0 Å². The average Bonchev–Trinajstić information content (AvgIpc) is 2.75. The molecule has 1 atom stereocenters. The normalized spacial score (nSPS) is 11.9. The van der Waals surface area contributed by atoms with E-state index in [1.807, 2.05) is 25.1 Å². The Kier molecular flexibility index (Phi) is 8.47. The van der Waals surface area contributed by atoms with Crippen LogP contribution < -0.4 is 15.2 Å². The van der Waals surface area contributed by atoms with Crippen molar-refractivity contribution in [3.63, 3.8) is 0 Å². The highest BCUT2D eigenvalue weighted by Gasteiger charge is 2.21. The minimum Gasteiger partial charge on any atom is -0.493 e. The molecule has 0 aromatic heterocycles. The van der Waals surface area contributed by atoms with Crippen molar-refractivity contribution in [2.45, 2.75) is 32.7 Å². The molecule has 0 unspecified atom stereocenters. The first-order valence-electron chi connectivity index (χ1n) is 9.97. The molecule has 0 aliphatic heterocycles. The molecule has 2 aromatic rings. The molecule has 0 heterocycles. The van der Waals surface area contributed by atoms with Crippen molar-refractivity contribution in [3.8, 4) is 11.5 Å². The number of aryl methyl sites for hydroxylation is 1. The predicted octanol–water partition coefficient (Wildman–Crippen LogP) is 3.74. The van der Waals surface area contributed by atoms with Gasteiger partial charge in [0.1, 0.15) is 6.54 Å². The summed E-state index contributed by atoms with van der Waals surface area (Å²) in [5.74, 6) is 0.323. The molecule has 0 aliphatic rings. The smallest absolute Gasteiger partial charge is 0.247 e. The molecule has 2 amide bonds. The van der Waals surface area contributed by atoms with E-state index in [2.05, 4.69) is 19.1 Å². The summed E-state index contributed by atoms with van der Waals surface area (Å²) in [6.07, 6.45) is 5.19. The van der Waals surface area contributed by atoms with Gasteiger partial charge < -0.3 is 20.1 Å². The number of carbonyl (C=O) groups is 2. The third-order valence-corrected chi connectivity index (χ3v) is 4.90. The molecule has 0 saturated heterocycles. The quantitative estimate of drug-likeness (QED) is 0.605. The van der Waals surface area contributed by atoms with E-state index in [1.165, 1.54) is 16.5 Å². The Labute approximate surface area is 178 Å². The molecule has 0 bridgehead atoms. The van der Waals surface area contributed by atoms with Crippen molar-refractivity contribution in [3.05, 3.63) is 65.2 Å². The summed E-state index contributed by atoms with van der Waals surface area (Å²) in [6, 6.07) is 13.2. The first kappa shape index (κ1) is 23.0. The van der Waals surface area contributed by atoms with E-state index in [9.17, 15) is 9.59 Å².